The van der Waals surface area contributed by atoms with Crippen LogP contribution in [0.3, 0.4) is 0 Å². The van der Waals surface area contributed by atoms with Crippen molar-refractivity contribution in [3.8, 4) is 0 Å². The molecule has 0 aliphatic heterocycles. The maximum atomic E-state index is 4.10. The van der Waals surface area contributed by atoms with Crippen LogP contribution in [0.25, 0.3) is 0 Å². The van der Waals surface area contributed by atoms with Crippen molar-refractivity contribution in [2.24, 2.45) is 0 Å². The minimum absolute atomic E-state index is 0. The molecule has 0 rings (SSSR count). The fourth-order valence-electron chi connectivity index (χ4n) is 0.577. The molecule has 0 aromatic heterocycles. The van der Waals surface area contributed by atoms with E-state index in [0.29, 0.717) is 0 Å². The maximum Gasteiger partial charge on any atom is 0 e. The molecule has 0 aliphatic carbocycles. The van der Waals surface area contributed by atoms with Crippen molar-refractivity contribution in [3.63, 3.8) is 0 Å². The molecule has 0 N–H and O–H groups in total. The second-order valence-electron chi connectivity index (χ2n) is 1.86. The summed E-state index contributed by atoms with van der Waals surface area (Å²) in [4.78, 5) is 0. The van der Waals surface area contributed by atoms with E-state index in [9.17, 15) is 0 Å². The van der Waals surface area contributed by atoms with Crippen LogP contribution in [-0.4, -0.2) is 11.5 Å². The maximum absolute atomic E-state index is 4.10. The molecule has 0 aromatic rings. The van der Waals surface area contributed by atoms with E-state index >= 15 is 0 Å². The Labute approximate surface area is 81.8 Å². The van der Waals surface area contributed by atoms with Gasteiger partial charge in [-0.25, -0.2) is 0 Å². The van der Waals surface area contributed by atoms with Crippen LogP contribution < -0.4 is 0 Å². The van der Waals surface area contributed by atoms with Crippen molar-refractivity contribution in [1.29, 1.82) is 0 Å². The molecule has 0 spiro atoms. The molecule has 0 radical (unpaired) electrons. The smallest absolute Gasteiger partial charge is 0 e. The molecule has 0 atom stereocenters. The summed E-state index contributed by atoms with van der Waals surface area (Å²) in [7, 11) is 0. The molecule has 0 aromatic carbocycles. The van der Waals surface area contributed by atoms with Gasteiger partial charge in [-0.1, -0.05) is 12.8 Å². The van der Waals surface area contributed by atoms with Crippen molar-refractivity contribution in [2.75, 3.05) is 11.5 Å². The van der Waals surface area contributed by atoms with E-state index in [0.717, 1.165) is 11.5 Å². The van der Waals surface area contributed by atoms with Crippen LogP contribution in [0.5, 0.6) is 0 Å². The van der Waals surface area contributed by atoms with Crippen LogP contribution in [0.2, 0.25) is 0 Å². The van der Waals surface area contributed by atoms with Crippen LogP contribution >= 0.6 is 25.3 Å². The number of unbranched alkanes of at least 4 members (excludes halogenated alkanes) is 3. The number of thiol groups is 2. The van der Waals surface area contributed by atoms with E-state index in [2.05, 4.69) is 25.3 Å². The molecule has 0 fully saturated rings. The van der Waals surface area contributed by atoms with E-state index in [-0.39, 0.29) is 19.5 Å². The van der Waals surface area contributed by atoms with Gasteiger partial charge in [0.2, 0.25) is 0 Å². The standard InChI is InChI=1S/C6H14S2.Zn/c7-5-3-1-2-4-6-8;/h7-8H,1-6H2;. The Balaban J connectivity index is 0. The second kappa shape index (κ2) is 12.0. The van der Waals surface area contributed by atoms with Gasteiger partial charge in [0.05, 0.1) is 0 Å². The number of rotatable bonds is 5. The van der Waals surface area contributed by atoms with Crippen LogP contribution in [0.15, 0.2) is 0 Å². The van der Waals surface area contributed by atoms with Gasteiger partial charge >= 0.3 is 0 Å². The summed E-state index contributed by atoms with van der Waals surface area (Å²) in [5.74, 6) is 2.07. The van der Waals surface area contributed by atoms with Gasteiger partial charge in [-0.05, 0) is 24.3 Å². The molecule has 3 heteroatoms. The first-order valence-electron chi connectivity index (χ1n) is 3.13. The molecule has 0 nitrogen and oxygen atoms in total. The van der Waals surface area contributed by atoms with Gasteiger partial charge in [0.15, 0.2) is 0 Å². The fraction of sp³-hybridized carbons (Fsp3) is 1.00. The van der Waals surface area contributed by atoms with E-state index in [1.165, 1.54) is 25.7 Å². The summed E-state index contributed by atoms with van der Waals surface area (Å²) < 4.78 is 0. The molecule has 0 unspecified atom stereocenters. The molecule has 0 aliphatic rings. The first-order valence-corrected chi connectivity index (χ1v) is 4.40. The van der Waals surface area contributed by atoms with Gasteiger partial charge in [0, 0.05) is 19.5 Å². The quantitative estimate of drug-likeness (QED) is 0.393. The Morgan fingerprint density at radius 3 is 1.22 bits per heavy atom. The average Bonchev–Trinajstić information content (AvgIpc) is 1.81. The number of hydrogen-bond acceptors (Lipinski definition) is 2. The zero-order valence-electron chi connectivity index (χ0n) is 5.84. The van der Waals surface area contributed by atoms with E-state index in [1.54, 1.807) is 0 Å². The van der Waals surface area contributed by atoms with Gasteiger partial charge in [-0.15, -0.1) is 0 Å². The second-order valence-corrected chi connectivity index (χ2v) is 2.76. The molecular weight excluding hydrogens is 202 g/mol. The van der Waals surface area contributed by atoms with E-state index in [1.807, 2.05) is 0 Å². The Kier molecular flexibility index (Phi) is 17.3. The van der Waals surface area contributed by atoms with Gasteiger partial charge in [0.25, 0.3) is 0 Å². The first kappa shape index (κ1) is 13.0. The third-order valence-electron chi connectivity index (χ3n) is 1.07. The van der Waals surface area contributed by atoms with Gasteiger partial charge in [-0.2, -0.15) is 25.3 Å². The van der Waals surface area contributed by atoms with Crippen LogP contribution in [0.4, 0.5) is 0 Å². The molecule has 52 valence electrons. The Morgan fingerprint density at radius 2 is 1.00 bits per heavy atom. The summed E-state index contributed by atoms with van der Waals surface area (Å²) in [6, 6.07) is 0. The molecule has 0 heterocycles. The molecular formula is C6H14S2Zn. The van der Waals surface area contributed by atoms with Crippen molar-refractivity contribution >= 4 is 25.3 Å². The zero-order chi connectivity index (χ0) is 6.24. The first-order chi connectivity index (χ1) is 3.91. The number of hydrogen-bond donors (Lipinski definition) is 2. The van der Waals surface area contributed by atoms with Crippen LogP contribution in [-0.2, 0) is 19.5 Å². The summed E-state index contributed by atoms with van der Waals surface area (Å²) in [6.07, 6.45) is 5.17. The molecule has 9 heavy (non-hydrogen) atoms. The summed E-state index contributed by atoms with van der Waals surface area (Å²) in [6.45, 7) is 0. The Bertz CT molecular complexity index is 36.0. The predicted molar refractivity (Wildman–Crippen MR) is 46.2 cm³/mol. The third kappa shape index (κ3) is 12.5. The topological polar surface area (TPSA) is 0 Å². The van der Waals surface area contributed by atoms with Crippen molar-refractivity contribution < 1.29 is 19.5 Å². The van der Waals surface area contributed by atoms with Crippen molar-refractivity contribution in [1.82, 2.24) is 0 Å². The largest absolute Gasteiger partial charge is 0.179 e. The van der Waals surface area contributed by atoms with Crippen LogP contribution in [0.1, 0.15) is 25.7 Å². The minimum Gasteiger partial charge on any atom is -0.179 e. The zero-order valence-corrected chi connectivity index (χ0v) is 10.6. The van der Waals surface area contributed by atoms with Gasteiger partial charge in [-0.3, -0.25) is 0 Å². The molecule has 0 saturated heterocycles. The minimum atomic E-state index is 0. The third-order valence-corrected chi connectivity index (χ3v) is 1.70. The van der Waals surface area contributed by atoms with Gasteiger partial charge < -0.3 is 0 Å². The predicted octanol–water partition coefficient (Wildman–Crippen LogP) is 2.40. The fourth-order valence-corrected chi connectivity index (χ4v) is 1.02. The van der Waals surface area contributed by atoms with Crippen molar-refractivity contribution in [3.05, 3.63) is 0 Å². The van der Waals surface area contributed by atoms with Crippen molar-refractivity contribution in [2.45, 2.75) is 25.7 Å². The summed E-state index contributed by atoms with van der Waals surface area (Å²) >= 11 is 8.21. The van der Waals surface area contributed by atoms with Crippen LogP contribution in [0, 0.1) is 0 Å². The molecule has 0 saturated carbocycles. The Morgan fingerprint density at radius 1 is 0.667 bits per heavy atom. The summed E-state index contributed by atoms with van der Waals surface area (Å²) in [5, 5.41) is 0. The Hall–Kier alpha value is 1.32. The normalized spacial score (nSPS) is 8.67. The SMILES string of the molecule is SCCCCCCS.[Zn]. The molecule has 0 amide bonds. The van der Waals surface area contributed by atoms with E-state index < -0.39 is 0 Å². The molecule has 0 bridgehead atoms. The average molecular weight is 216 g/mol. The van der Waals surface area contributed by atoms with E-state index in [4.69, 9.17) is 0 Å². The monoisotopic (exact) mass is 214 g/mol. The van der Waals surface area contributed by atoms with Gasteiger partial charge in [0.1, 0.15) is 0 Å². The summed E-state index contributed by atoms with van der Waals surface area (Å²) in [5.41, 5.74) is 0.